The highest BCUT2D eigenvalue weighted by atomic mass is 79.9. The number of hydrogen-bond acceptors (Lipinski definition) is 0. The Kier molecular flexibility index (Phi) is 2.97. The van der Waals surface area contributed by atoms with Gasteiger partial charge >= 0.3 is 0 Å². The summed E-state index contributed by atoms with van der Waals surface area (Å²) >= 11 is 3.43. The van der Waals surface area contributed by atoms with Crippen LogP contribution in [0.25, 0.3) is 0 Å². The van der Waals surface area contributed by atoms with E-state index in [1.807, 2.05) is 13.0 Å². The van der Waals surface area contributed by atoms with Crippen molar-refractivity contribution in [3.63, 3.8) is 0 Å². The molecule has 0 aliphatic heterocycles. The normalized spacial score (nSPS) is 11.8. The molecule has 0 saturated carbocycles. The van der Waals surface area contributed by atoms with E-state index in [4.69, 9.17) is 0 Å². The molecular weight excluding hydrogens is 247 g/mol. The van der Waals surface area contributed by atoms with Gasteiger partial charge in [-0.3, -0.25) is 0 Å². The smallest absolute Gasteiger partial charge is 0.123 e. The lowest BCUT2D eigenvalue weighted by atomic mass is 10.2. The second kappa shape index (κ2) is 3.54. The lowest BCUT2D eigenvalue weighted by Gasteiger charge is -2.19. The largest absolute Gasteiger partial charge is 0.207 e. The molecule has 13 heavy (non-hydrogen) atoms. The van der Waals surface area contributed by atoms with Gasteiger partial charge in [0, 0.05) is 4.47 Å². The van der Waals surface area contributed by atoms with Crippen molar-refractivity contribution in [3.8, 4) is 0 Å². The molecular formula is C10H14BrFSi. The lowest BCUT2D eigenvalue weighted by Crippen LogP contribution is -2.41. The maximum Gasteiger partial charge on any atom is 0.123 e. The molecule has 0 bridgehead atoms. The van der Waals surface area contributed by atoms with Crippen molar-refractivity contribution in [3.05, 3.63) is 28.0 Å². The maximum absolute atomic E-state index is 13.6. The molecule has 1 aromatic carbocycles. The third kappa shape index (κ3) is 2.41. The Morgan fingerprint density at radius 3 is 2.15 bits per heavy atom. The van der Waals surface area contributed by atoms with Gasteiger partial charge in [-0.05, 0) is 29.8 Å². The number of aryl methyl sites for hydroxylation is 1. The van der Waals surface area contributed by atoms with Crippen LogP contribution in [0.3, 0.4) is 0 Å². The van der Waals surface area contributed by atoms with E-state index < -0.39 is 8.07 Å². The van der Waals surface area contributed by atoms with Crippen LogP contribution in [0, 0.1) is 12.7 Å². The summed E-state index contributed by atoms with van der Waals surface area (Å²) in [4.78, 5) is 0. The van der Waals surface area contributed by atoms with E-state index in [9.17, 15) is 4.39 Å². The van der Waals surface area contributed by atoms with Crippen LogP contribution >= 0.6 is 15.9 Å². The first kappa shape index (κ1) is 10.9. The van der Waals surface area contributed by atoms with E-state index in [0.717, 1.165) is 15.2 Å². The summed E-state index contributed by atoms with van der Waals surface area (Å²) in [5.41, 5.74) is 0.964. The maximum atomic E-state index is 13.6. The first-order chi connectivity index (χ1) is 5.82. The van der Waals surface area contributed by atoms with Crippen LogP contribution in [0.2, 0.25) is 19.6 Å². The van der Waals surface area contributed by atoms with Crippen LogP contribution in [0.5, 0.6) is 0 Å². The Morgan fingerprint density at radius 2 is 1.77 bits per heavy atom. The average molecular weight is 261 g/mol. The highest BCUT2D eigenvalue weighted by Crippen LogP contribution is 2.17. The van der Waals surface area contributed by atoms with Crippen molar-refractivity contribution in [2.75, 3.05) is 0 Å². The summed E-state index contributed by atoms with van der Waals surface area (Å²) in [6.45, 7) is 8.34. The summed E-state index contributed by atoms with van der Waals surface area (Å²) in [5.74, 6) is -0.0639. The van der Waals surface area contributed by atoms with Gasteiger partial charge < -0.3 is 0 Å². The predicted octanol–water partition coefficient (Wildman–Crippen LogP) is 3.44. The van der Waals surface area contributed by atoms with Gasteiger partial charge in [0.25, 0.3) is 0 Å². The Bertz CT molecular complexity index is 305. The summed E-state index contributed by atoms with van der Waals surface area (Å²) in [7, 11) is -1.57. The minimum Gasteiger partial charge on any atom is -0.207 e. The highest BCUT2D eigenvalue weighted by Gasteiger charge is 2.23. The van der Waals surface area contributed by atoms with Crippen LogP contribution in [-0.4, -0.2) is 8.07 Å². The van der Waals surface area contributed by atoms with Gasteiger partial charge in [0.2, 0.25) is 0 Å². The molecule has 0 N–H and O–H groups in total. The molecule has 3 heteroatoms. The molecule has 1 rings (SSSR count). The van der Waals surface area contributed by atoms with Crippen LogP contribution in [0.1, 0.15) is 5.56 Å². The SMILES string of the molecule is Cc1cc(F)c([Si](C)(C)C)c(Br)c1. The molecule has 0 amide bonds. The Morgan fingerprint density at radius 1 is 1.23 bits per heavy atom. The molecule has 0 fully saturated rings. The molecule has 0 saturated heterocycles. The summed E-state index contributed by atoms with van der Waals surface area (Å²) in [6, 6.07) is 3.59. The molecule has 0 unspecified atom stereocenters. The molecule has 0 heterocycles. The van der Waals surface area contributed by atoms with E-state index in [2.05, 4.69) is 35.6 Å². The van der Waals surface area contributed by atoms with Crippen LogP contribution in [0.15, 0.2) is 16.6 Å². The van der Waals surface area contributed by atoms with Crippen molar-refractivity contribution in [2.45, 2.75) is 26.6 Å². The van der Waals surface area contributed by atoms with Crippen LogP contribution < -0.4 is 5.19 Å². The third-order valence-electron chi connectivity index (χ3n) is 1.94. The van der Waals surface area contributed by atoms with Crippen molar-refractivity contribution in [2.24, 2.45) is 0 Å². The number of rotatable bonds is 1. The molecule has 1 aromatic rings. The number of benzene rings is 1. The topological polar surface area (TPSA) is 0 Å². The van der Waals surface area contributed by atoms with Crippen LogP contribution in [0.4, 0.5) is 4.39 Å². The van der Waals surface area contributed by atoms with E-state index in [0.29, 0.717) is 0 Å². The summed E-state index contributed by atoms with van der Waals surface area (Å²) in [6.07, 6.45) is 0. The molecule has 0 aliphatic rings. The minimum absolute atomic E-state index is 0.0639. The van der Waals surface area contributed by atoms with Gasteiger partial charge in [-0.15, -0.1) is 0 Å². The third-order valence-corrected chi connectivity index (χ3v) is 4.94. The molecule has 0 aliphatic carbocycles. The zero-order chi connectivity index (χ0) is 10.2. The van der Waals surface area contributed by atoms with E-state index in [-0.39, 0.29) is 5.82 Å². The van der Waals surface area contributed by atoms with Gasteiger partial charge in [-0.1, -0.05) is 35.6 Å². The number of hydrogen-bond donors (Lipinski definition) is 0. The monoisotopic (exact) mass is 260 g/mol. The standard InChI is InChI=1S/C10H14BrFSi/c1-7-5-8(11)10(9(12)6-7)13(2,3)4/h5-6H,1-4H3. The average Bonchev–Trinajstić information content (AvgIpc) is 1.78. The molecule has 0 spiro atoms. The Labute approximate surface area is 88.3 Å². The first-order valence-corrected chi connectivity index (χ1v) is 8.58. The molecule has 0 nitrogen and oxygen atoms in total. The highest BCUT2D eigenvalue weighted by molar-refractivity contribution is 9.10. The van der Waals surface area contributed by atoms with Gasteiger partial charge in [0.1, 0.15) is 5.82 Å². The molecule has 0 aromatic heterocycles. The van der Waals surface area contributed by atoms with Gasteiger partial charge in [0.15, 0.2) is 0 Å². The Balaban J connectivity index is 3.38. The van der Waals surface area contributed by atoms with Crippen LogP contribution in [-0.2, 0) is 0 Å². The van der Waals surface area contributed by atoms with Gasteiger partial charge in [-0.2, -0.15) is 0 Å². The minimum atomic E-state index is -1.57. The van der Waals surface area contributed by atoms with Gasteiger partial charge in [-0.25, -0.2) is 4.39 Å². The fraction of sp³-hybridized carbons (Fsp3) is 0.400. The second-order valence-corrected chi connectivity index (χ2v) is 10.2. The molecule has 0 atom stereocenters. The summed E-state index contributed by atoms with van der Waals surface area (Å²) < 4.78 is 14.5. The summed E-state index contributed by atoms with van der Waals surface area (Å²) in [5, 5.41) is 0.887. The zero-order valence-corrected chi connectivity index (χ0v) is 11.0. The van der Waals surface area contributed by atoms with Crippen molar-refractivity contribution < 1.29 is 4.39 Å². The Hall–Kier alpha value is -0.153. The number of halogens is 2. The fourth-order valence-corrected chi connectivity index (χ4v) is 5.33. The fourth-order valence-electron chi connectivity index (χ4n) is 1.42. The van der Waals surface area contributed by atoms with Crippen molar-refractivity contribution in [1.82, 2.24) is 0 Å². The van der Waals surface area contributed by atoms with Gasteiger partial charge in [0.05, 0.1) is 8.07 Å². The van der Waals surface area contributed by atoms with E-state index in [1.54, 1.807) is 6.07 Å². The van der Waals surface area contributed by atoms with E-state index in [1.165, 1.54) is 0 Å². The molecule has 0 radical (unpaired) electrons. The second-order valence-electron chi connectivity index (χ2n) is 4.35. The quantitative estimate of drug-likeness (QED) is 0.679. The van der Waals surface area contributed by atoms with Crippen molar-refractivity contribution >= 4 is 29.2 Å². The molecule has 72 valence electrons. The predicted molar refractivity (Wildman–Crippen MR) is 61.8 cm³/mol. The van der Waals surface area contributed by atoms with Crippen molar-refractivity contribution in [1.29, 1.82) is 0 Å². The first-order valence-electron chi connectivity index (χ1n) is 4.28. The lowest BCUT2D eigenvalue weighted by molar-refractivity contribution is 0.633. The van der Waals surface area contributed by atoms with E-state index >= 15 is 0 Å². The zero-order valence-electron chi connectivity index (χ0n) is 8.41.